The Morgan fingerprint density at radius 2 is 2.05 bits per heavy atom. The molecule has 1 aliphatic carbocycles. The minimum Gasteiger partial charge on any atom is -0.508 e. The average molecular weight is 310 g/mol. The molecule has 1 aliphatic heterocycles. The smallest absolute Gasteiger partial charge is 0.326 e. The van der Waals surface area contributed by atoms with Crippen molar-refractivity contribution in [1.29, 1.82) is 0 Å². The van der Waals surface area contributed by atoms with Crippen LogP contribution in [0.2, 0.25) is 5.02 Å². The van der Waals surface area contributed by atoms with Crippen LogP contribution in [0.4, 0.5) is 0 Å². The van der Waals surface area contributed by atoms with Gasteiger partial charge < -0.3 is 15.1 Å². The molecule has 6 heteroatoms. The fraction of sp³-hybridized carbons (Fsp3) is 0.467. The molecule has 112 valence electrons. The summed E-state index contributed by atoms with van der Waals surface area (Å²) in [5.74, 6) is -1.16. The number of carboxylic acid groups (broad SMARTS) is 1. The van der Waals surface area contributed by atoms with Crippen molar-refractivity contribution in [3.63, 3.8) is 0 Å². The number of halogens is 1. The standard InChI is InChI=1S/C15H16ClNO4/c16-12-5-4-9(18)6-11(12)14(19)17-7-8-2-1-3-10(8)13(17)15(20)21/h4-6,8,10,13,18H,1-3,7H2,(H,20,21). The van der Waals surface area contributed by atoms with Crippen molar-refractivity contribution in [2.24, 2.45) is 11.8 Å². The first-order chi connectivity index (χ1) is 9.99. The number of aliphatic carboxylic acids is 1. The first kappa shape index (κ1) is 14.2. The van der Waals surface area contributed by atoms with Gasteiger partial charge in [-0.25, -0.2) is 4.79 Å². The molecule has 21 heavy (non-hydrogen) atoms. The third-order valence-electron chi connectivity index (χ3n) is 4.58. The lowest BCUT2D eigenvalue weighted by atomic mass is 9.94. The number of hydrogen-bond acceptors (Lipinski definition) is 3. The number of phenols is 1. The number of hydrogen-bond donors (Lipinski definition) is 2. The topological polar surface area (TPSA) is 77.8 Å². The van der Waals surface area contributed by atoms with Gasteiger partial charge in [0.15, 0.2) is 0 Å². The van der Waals surface area contributed by atoms with Gasteiger partial charge in [-0.1, -0.05) is 18.0 Å². The van der Waals surface area contributed by atoms with Crippen molar-refractivity contribution >= 4 is 23.5 Å². The van der Waals surface area contributed by atoms with Crippen LogP contribution in [0.1, 0.15) is 29.6 Å². The molecule has 1 aromatic rings. The SMILES string of the molecule is O=C(O)C1C2CCCC2CN1C(=O)c1cc(O)ccc1Cl. The Morgan fingerprint density at radius 3 is 2.76 bits per heavy atom. The van der Waals surface area contributed by atoms with E-state index < -0.39 is 17.9 Å². The third-order valence-corrected chi connectivity index (χ3v) is 4.91. The van der Waals surface area contributed by atoms with Crippen LogP contribution in [0.15, 0.2) is 18.2 Å². The first-order valence-corrected chi connectivity index (χ1v) is 7.39. The molecule has 1 saturated heterocycles. The molecule has 1 saturated carbocycles. The van der Waals surface area contributed by atoms with Crippen molar-refractivity contribution in [2.45, 2.75) is 25.3 Å². The molecule has 2 fully saturated rings. The number of nitrogens with zero attached hydrogens (tertiary/aromatic N) is 1. The molecular formula is C15H16ClNO4. The summed E-state index contributed by atoms with van der Waals surface area (Å²) in [6, 6.07) is 3.34. The van der Waals surface area contributed by atoms with E-state index in [4.69, 9.17) is 11.6 Å². The van der Waals surface area contributed by atoms with Gasteiger partial charge in [0.05, 0.1) is 10.6 Å². The molecule has 1 amide bonds. The molecule has 1 heterocycles. The largest absolute Gasteiger partial charge is 0.508 e. The number of phenolic OH excluding ortho intramolecular Hbond substituents is 1. The van der Waals surface area contributed by atoms with E-state index in [0.717, 1.165) is 19.3 Å². The molecule has 0 spiro atoms. The van der Waals surface area contributed by atoms with Crippen LogP contribution in [0.25, 0.3) is 0 Å². The summed E-state index contributed by atoms with van der Waals surface area (Å²) in [4.78, 5) is 25.6. The number of carbonyl (C=O) groups is 2. The van der Waals surface area contributed by atoms with Gasteiger partial charge >= 0.3 is 5.97 Å². The fourth-order valence-electron chi connectivity index (χ4n) is 3.66. The summed E-state index contributed by atoms with van der Waals surface area (Å²) >= 11 is 6.01. The van der Waals surface area contributed by atoms with Crippen molar-refractivity contribution in [1.82, 2.24) is 4.90 Å². The zero-order valence-electron chi connectivity index (χ0n) is 11.3. The van der Waals surface area contributed by atoms with Crippen LogP contribution in [0.5, 0.6) is 5.75 Å². The number of benzene rings is 1. The maximum atomic E-state index is 12.6. The molecule has 3 unspecified atom stereocenters. The lowest BCUT2D eigenvalue weighted by Gasteiger charge is -2.24. The minimum absolute atomic E-state index is 0.0301. The van der Waals surface area contributed by atoms with Crippen LogP contribution in [-0.4, -0.2) is 39.6 Å². The number of carbonyl (C=O) groups excluding carboxylic acids is 1. The molecule has 3 atom stereocenters. The Morgan fingerprint density at radius 1 is 1.29 bits per heavy atom. The summed E-state index contributed by atoms with van der Waals surface area (Å²) in [6.07, 6.45) is 2.83. The predicted octanol–water partition coefficient (Wildman–Crippen LogP) is 2.37. The van der Waals surface area contributed by atoms with Crippen LogP contribution in [0, 0.1) is 11.8 Å². The number of fused-ring (bicyclic) bond motifs is 1. The highest BCUT2D eigenvalue weighted by atomic mass is 35.5. The number of carboxylic acids is 1. The summed E-state index contributed by atoms with van der Waals surface area (Å²) < 4.78 is 0. The van der Waals surface area contributed by atoms with Gasteiger partial charge in [0.2, 0.25) is 0 Å². The van der Waals surface area contributed by atoms with E-state index in [-0.39, 0.29) is 28.2 Å². The second kappa shape index (κ2) is 5.22. The Bertz CT molecular complexity index is 603. The lowest BCUT2D eigenvalue weighted by molar-refractivity contribution is -0.142. The molecule has 5 nitrogen and oxygen atoms in total. The van der Waals surface area contributed by atoms with E-state index in [0.29, 0.717) is 6.54 Å². The number of aromatic hydroxyl groups is 1. The van der Waals surface area contributed by atoms with Gasteiger partial charge in [-0.15, -0.1) is 0 Å². The quantitative estimate of drug-likeness (QED) is 0.879. The average Bonchev–Trinajstić information content (AvgIpc) is 3.00. The summed E-state index contributed by atoms with van der Waals surface area (Å²) in [6.45, 7) is 0.451. The number of amides is 1. The normalized spacial score (nSPS) is 27.7. The van der Waals surface area contributed by atoms with Crippen molar-refractivity contribution in [3.8, 4) is 5.75 Å². The maximum absolute atomic E-state index is 12.6. The van der Waals surface area contributed by atoms with Crippen molar-refractivity contribution in [2.75, 3.05) is 6.54 Å². The van der Waals surface area contributed by atoms with Gasteiger partial charge in [-0.2, -0.15) is 0 Å². The van der Waals surface area contributed by atoms with Gasteiger partial charge in [0.25, 0.3) is 5.91 Å². The van der Waals surface area contributed by atoms with E-state index in [2.05, 4.69) is 0 Å². The zero-order valence-corrected chi connectivity index (χ0v) is 12.1. The highest BCUT2D eigenvalue weighted by Gasteiger charge is 2.49. The Balaban J connectivity index is 1.93. The molecule has 2 N–H and O–H groups in total. The summed E-state index contributed by atoms with van der Waals surface area (Å²) in [5, 5.41) is 19.2. The van der Waals surface area contributed by atoms with Crippen LogP contribution in [-0.2, 0) is 4.79 Å². The van der Waals surface area contributed by atoms with Crippen molar-refractivity contribution in [3.05, 3.63) is 28.8 Å². The molecule has 0 bridgehead atoms. The van der Waals surface area contributed by atoms with Gasteiger partial charge in [0.1, 0.15) is 11.8 Å². The van der Waals surface area contributed by atoms with E-state index in [1.54, 1.807) is 0 Å². The van der Waals surface area contributed by atoms with Gasteiger partial charge in [-0.05, 0) is 42.9 Å². The van der Waals surface area contributed by atoms with Crippen molar-refractivity contribution < 1.29 is 19.8 Å². The second-order valence-corrected chi connectivity index (χ2v) is 6.17. The third kappa shape index (κ3) is 2.35. The summed E-state index contributed by atoms with van der Waals surface area (Å²) in [5.41, 5.74) is 0.155. The highest BCUT2D eigenvalue weighted by molar-refractivity contribution is 6.34. The lowest BCUT2D eigenvalue weighted by Crippen LogP contribution is -2.43. The molecule has 1 aromatic carbocycles. The number of likely N-dealkylation sites (tertiary alicyclic amines) is 1. The zero-order chi connectivity index (χ0) is 15.1. The minimum atomic E-state index is -0.964. The molecule has 2 aliphatic rings. The Labute approximate surface area is 127 Å². The van der Waals surface area contributed by atoms with E-state index in [1.165, 1.54) is 23.1 Å². The molecular weight excluding hydrogens is 294 g/mol. The second-order valence-electron chi connectivity index (χ2n) is 5.76. The van der Waals surface area contributed by atoms with Gasteiger partial charge in [-0.3, -0.25) is 4.79 Å². The Kier molecular flexibility index (Phi) is 3.53. The van der Waals surface area contributed by atoms with Crippen LogP contribution < -0.4 is 0 Å². The van der Waals surface area contributed by atoms with Crippen LogP contribution >= 0.6 is 11.6 Å². The van der Waals surface area contributed by atoms with Gasteiger partial charge in [0, 0.05) is 6.54 Å². The monoisotopic (exact) mass is 309 g/mol. The predicted molar refractivity (Wildman–Crippen MR) is 76.4 cm³/mol. The summed E-state index contributed by atoms with van der Waals surface area (Å²) in [7, 11) is 0. The molecule has 0 aromatic heterocycles. The van der Waals surface area contributed by atoms with E-state index in [9.17, 15) is 19.8 Å². The van der Waals surface area contributed by atoms with E-state index in [1.807, 2.05) is 0 Å². The van der Waals surface area contributed by atoms with Crippen LogP contribution in [0.3, 0.4) is 0 Å². The first-order valence-electron chi connectivity index (χ1n) is 7.01. The highest BCUT2D eigenvalue weighted by Crippen LogP contribution is 2.43. The molecule has 0 radical (unpaired) electrons. The Hall–Kier alpha value is -1.75. The fourth-order valence-corrected chi connectivity index (χ4v) is 3.86. The van der Waals surface area contributed by atoms with E-state index >= 15 is 0 Å². The maximum Gasteiger partial charge on any atom is 0.326 e. The number of rotatable bonds is 2. The molecule has 3 rings (SSSR count).